The van der Waals surface area contributed by atoms with Gasteiger partial charge in [-0.1, -0.05) is 44.2 Å². The molecular weight excluding hydrogens is 314 g/mol. The van der Waals surface area contributed by atoms with Gasteiger partial charge in [-0.05, 0) is 41.6 Å². The van der Waals surface area contributed by atoms with Crippen molar-refractivity contribution in [3.05, 3.63) is 65.9 Å². The van der Waals surface area contributed by atoms with Crippen molar-refractivity contribution in [1.82, 2.24) is 4.98 Å². The van der Waals surface area contributed by atoms with Crippen molar-refractivity contribution in [2.24, 2.45) is 0 Å². The summed E-state index contributed by atoms with van der Waals surface area (Å²) in [6.45, 7) is 5.33. The lowest BCUT2D eigenvalue weighted by molar-refractivity contribution is -0.0890. The van der Waals surface area contributed by atoms with Gasteiger partial charge in [-0.25, -0.2) is 0 Å². The molecule has 1 heterocycles. The van der Waals surface area contributed by atoms with Crippen molar-refractivity contribution < 1.29 is 15.3 Å². The summed E-state index contributed by atoms with van der Waals surface area (Å²) in [7, 11) is 0. The zero-order valence-electron chi connectivity index (χ0n) is 14.6. The van der Waals surface area contributed by atoms with Crippen LogP contribution in [0.2, 0.25) is 0 Å². The molecule has 0 saturated carbocycles. The van der Waals surface area contributed by atoms with Crippen LogP contribution in [0.25, 0.3) is 22.0 Å². The van der Waals surface area contributed by atoms with Crippen LogP contribution in [0, 0.1) is 0 Å². The average Bonchev–Trinajstić information content (AvgIpc) is 2.60. The van der Waals surface area contributed by atoms with E-state index in [2.05, 4.69) is 4.98 Å². The van der Waals surface area contributed by atoms with Crippen molar-refractivity contribution in [3.8, 4) is 11.3 Å². The first kappa shape index (κ1) is 17.5. The van der Waals surface area contributed by atoms with Crippen molar-refractivity contribution in [2.75, 3.05) is 0 Å². The predicted octanol–water partition coefficient (Wildman–Crippen LogP) is 3.54. The Hall–Kier alpha value is -2.27. The second-order valence-corrected chi connectivity index (χ2v) is 7.03. The Morgan fingerprint density at radius 1 is 0.920 bits per heavy atom. The first-order valence-corrected chi connectivity index (χ1v) is 8.34. The fourth-order valence-corrected chi connectivity index (χ4v) is 2.81. The van der Waals surface area contributed by atoms with E-state index in [0.29, 0.717) is 0 Å². The lowest BCUT2D eigenvalue weighted by atomic mass is 9.83. The zero-order valence-corrected chi connectivity index (χ0v) is 14.6. The van der Waals surface area contributed by atoms with Gasteiger partial charge in [0.2, 0.25) is 0 Å². The standard InChI is InChI=1S/C21H23NO3/c1-13(23)14-7-8-16-12-22-19(11-17(16)9-14)15-5-4-6-18(10-15)21(2,3)20(24)25/h4-13,20,23-25H,1-3H3. The molecule has 0 aliphatic carbocycles. The molecule has 0 saturated heterocycles. The van der Waals surface area contributed by atoms with Crippen LogP contribution in [-0.4, -0.2) is 26.6 Å². The van der Waals surface area contributed by atoms with E-state index in [9.17, 15) is 15.3 Å². The van der Waals surface area contributed by atoms with Crippen LogP contribution in [0.3, 0.4) is 0 Å². The maximum Gasteiger partial charge on any atom is 0.160 e. The summed E-state index contributed by atoms with van der Waals surface area (Å²) in [5.41, 5.74) is 2.64. The fourth-order valence-electron chi connectivity index (χ4n) is 2.81. The van der Waals surface area contributed by atoms with Gasteiger partial charge in [0, 0.05) is 22.6 Å². The van der Waals surface area contributed by atoms with Gasteiger partial charge < -0.3 is 15.3 Å². The van der Waals surface area contributed by atoms with Gasteiger partial charge in [0.25, 0.3) is 0 Å². The molecule has 1 atom stereocenters. The first-order chi connectivity index (χ1) is 11.8. The molecule has 25 heavy (non-hydrogen) atoms. The molecule has 3 rings (SSSR count). The molecule has 0 amide bonds. The van der Waals surface area contributed by atoms with Crippen LogP contribution in [0.5, 0.6) is 0 Å². The van der Waals surface area contributed by atoms with Crippen molar-refractivity contribution >= 4 is 10.8 Å². The second-order valence-electron chi connectivity index (χ2n) is 7.03. The van der Waals surface area contributed by atoms with E-state index in [4.69, 9.17) is 0 Å². The molecule has 2 aromatic carbocycles. The van der Waals surface area contributed by atoms with Gasteiger partial charge in [-0.3, -0.25) is 4.98 Å². The molecule has 0 aliphatic heterocycles. The summed E-state index contributed by atoms with van der Waals surface area (Å²) in [5.74, 6) is 0. The molecule has 0 spiro atoms. The maximum atomic E-state index is 9.78. The summed E-state index contributed by atoms with van der Waals surface area (Å²) in [4.78, 5) is 4.53. The number of aliphatic hydroxyl groups is 3. The number of rotatable bonds is 4. The van der Waals surface area contributed by atoms with E-state index in [1.807, 2.05) is 54.7 Å². The second kappa shape index (κ2) is 6.56. The SMILES string of the molecule is CC(O)c1ccc2cnc(-c3cccc(C(C)(C)C(O)O)c3)cc2c1. The molecule has 4 nitrogen and oxygen atoms in total. The number of benzene rings is 2. The van der Waals surface area contributed by atoms with Gasteiger partial charge in [0.1, 0.15) is 0 Å². The van der Waals surface area contributed by atoms with Crippen LogP contribution >= 0.6 is 0 Å². The normalized spacial score (nSPS) is 13.4. The number of hydrogen-bond acceptors (Lipinski definition) is 4. The molecule has 0 radical (unpaired) electrons. The van der Waals surface area contributed by atoms with Gasteiger partial charge in [-0.15, -0.1) is 0 Å². The van der Waals surface area contributed by atoms with E-state index >= 15 is 0 Å². The number of aliphatic hydroxyl groups excluding tert-OH is 2. The lowest BCUT2D eigenvalue weighted by Gasteiger charge is -2.27. The Morgan fingerprint density at radius 3 is 2.36 bits per heavy atom. The summed E-state index contributed by atoms with van der Waals surface area (Å²) >= 11 is 0. The molecule has 4 heteroatoms. The summed E-state index contributed by atoms with van der Waals surface area (Å²) < 4.78 is 0. The number of aromatic nitrogens is 1. The van der Waals surface area contributed by atoms with Crippen LogP contribution in [0.1, 0.15) is 38.0 Å². The Bertz CT molecular complexity index is 901. The Labute approximate surface area is 147 Å². The predicted molar refractivity (Wildman–Crippen MR) is 99.1 cm³/mol. The van der Waals surface area contributed by atoms with E-state index in [-0.39, 0.29) is 0 Å². The number of fused-ring (bicyclic) bond motifs is 1. The van der Waals surface area contributed by atoms with E-state index in [1.165, 1.54) is 0 Å². The molecule has 0 fully saturated rings. The smallest absolute Gasteiger partial charge is 0.160 e. The third-order valence-corrected chi connectivity index (χ3v) is 4.78. The van der Waals surface area contributed by atoms with Crippen LogP contribution in [-0.2, 0) is 5.41 Å². The van der Waals surface area contributed by atoms with Crippen molar-refractivity contribution in [2.45, 2.75) is 38.6 Å². The summed E-state index contributed by atoms with van der Waals surface area (Å²) in [6, 6.07) is 15.5. The highest BCUT2D eigenvalue weighted by Crippen LogP contribution is 2.30. The Balaban J connectivity index is 2.07. The Morgan fingerprint density at radius 2 is 1.68 bits per heavy atom. The van der Waals surface area contributed by atoms with Crippen molar-refractivity contribution in [1.29, 1.82) is 0 Å². The van der Waals surface area contributed by atoms with E-state index < -0.39 is 17.8 Å². The molecule has 3 N–H and O–H groups in total. The first-order valence-electron chi connectivity index (χ1n) is 8.34. The van der Waals surface area contributed by atoms with Gasteiger partial charge in [-0.2, -0.15) is 0 Å². The third-order valence-electron chi connectivity index (χ3n) is 4.78. The van der Waals surface area contributed by atoms with Gasteiger partial charge in [0.15, 0.2) is 6.29 Å². The molecule has 0 aliphatic rings. The summed E-state index contributed by atoms with van der Waals surface area (Å²) in [6.07, 6.45) is -0.146. The lowest BCUT2D eigenvalue weighted by Crippen LogP contribution is -2.33. The number of nitrogens with zero attached hydrogens (tertiary/aromatic N) is 1. The average molecular weight is 337 g/mol. The highest BCUT2D eigenvalue weighted by molar-refractivity contribution is 5.86. The molecule has 130 valence electrons. The minimum atomic E-state index is -1.44. The monoisotopic (exact) mass is 337 g/mol. The molecule has 1 unspecified atom stereocenters. The molecule has 3 aromatic rings. The maximum absolute atomic E-state index is 9.78. The van der Waals surface area contributed by atoms with Gasteiger partial charge >= 0.3 is 0 Å². The Kier molecular flexibility index (Phi) is 4.60. The highest BCUT2D eigenvalue weighted by atomic mass is 16.5. The van der Waals surface area contributed by atoms with Crippen LogP contribution in [0.4, 0.5) is 0 Å². The minimum Gasteiger partial charge on any atom is -0.389 e. The number of hydrogen-bond donors (Lipinski definition) is 3. The quantitative estimate of drug-likeness (QED) is 0.637. The van der Waals surface area contributed by atoms with Crippen LogP contribution < -0.4 is 0 Å². The molecular formula is C21H23NO3. The topological polar surface area (TPSA) is 73.6 Å². The zero-order chi connectivity index (χ0) is 18.2. The highest BCUT2D eigenvalue weighted by Gasteiger charge is 2.28. The molecule has 1 aromatic heterocycles. The van der Waals surface area contributed by atoms with E-state index in [1.54, 1.807) is 20.8 Å². The minimum absolute atomic E-state index is 0.517. The summed E-state index contributed by atoms with van der Waals surface area (Å²) in [5, 5.41) is 31.1. The van der Waals surface area contributed by atoms with Gasteiger partial charge in [0.05, 0.1) is 11.8 Å². The van der Waals surface area contributed by atoms with E-state index in [0.717, 1.165) is 33.2 Å². The largest absolute Gasteiger partial charge is 0.389 e. The van der Waals surface area contributed by atoms with Crippen molar-refractivity contribution in [3.63, 3.8) is 0 Å². The fraction of sp³-hybridized carbons (Fsp3) is 0.286. The third kappa shape index (κ3) is 3.42. The number of pyridine rings is 1. The van der Waals surface area contributed by atoms with Crippen LogP contribution in [0.15, 0.2) is 54.7 Å². The molecule has 0 bridgehead atoms.